The van der Waals surface area contributed by atoms with E-state index in [0.29, 0.717) is 93.5 Å². The standard InChI is InChI=1S/C74H122ClF3N12O2/c1-9-53(2)68-48-84-67(46-59-22-13-14-23-59)55(4)82-49-69-70(72(91)88-40-42-92-43-41-88)57(6)90(69)71(61-24-15-16-25-61)56(5)85-73(32-17-18-33-73)52-80-36-35-79-34-31-62(29-27-60-28-30-65(66(75)45-60)74(76,77)78)81-37-39-86(7)50-64(44-58-20-11-10-12-21-58)87(8)51-63-26-19-38-89(63)54(3)47-83-68/h28,30-31,34,37,39,45,50-51,53-59,61,67-71,80-85H,9-27,29,32-33,35-36,38,40-44,46-49,52H2,1-8H3/t53-,54-,55?,56?,57?,67-,68+,69?,70-,71+/m0/s1. The smallest absolute Gasteiger partial charge is 0.378 e. The highest BCUT2D eigenvalue weighted by atomic mass is 35.5. The third-order valence-corrected chi connectivity index (χ3v) is 23.4. The Hall–Kier alpha value is -3.68. The van der Waals surface area contributed by atoms with E-state index in [9.17, 15) is 18.0 Å². The number of nitrogens with zero attached hydrogens (tertiary/aromatic N) is 6. The van der Waals surface area contributed by atoms with Crippen molar-refractivity contribution < 1.29 is 22.7 Å². The molecule has 92 heavy (non-hydrogen) atoms. The first kappa shape index (κ1) is 72.6. The van der Waals surface area contributed by atoms with Crippen molar-refractivity contribution in [1.29, 1.82) is 0 Å². The van der Waals surface area contributed by atoms with E-state index < -0.39 is 11.7 Å². The van der Waals surface area contributed by atoms with Crippen molar-refractivity contribution >= 4 is 23.7 Å². The van der Waals surface area contributed by atoms with Crippen molar-refractivity contribution in [2.45, 2.75) is 256 Å². The van der Waals surface area contributed by atoms with Gasteiger partial charge in [-0.1, -0.05) is 121 Å². The first-order valence-electron chi connectivity index (χ1n) is 36.8. The SMILES string of the molecule is CC[C@H](C)[C@H]1CN[C@@H](CC2CCCC2)C(C)NCC2[C@@H](C(=O)N3CCOCC3)C(C)N2[C@@H](C2CCCC2)C(C)NC2(CCCC2)CNCCN=CC=C(CCc2ccc(C(F)(F)F)c(Cl)c2)NC=CN(C)C=C(CC2CCCCC2)N(C)C=C2CCCN2[C@@H](C)CN1. The molecule has 0 aromatic heterocycles. The first-order chi connectivity index (χ1) is 44.4. The molecule has 4 unspecified atom stereocenters. The van der Waals surface area contributed by atoms with E-state index >= 15 is 0 Å². The number of amides is 1. The molecule has 4 heterocycles. The zero-order chi connectivity index (χ0) is 65.2. The molecular weight excluding hydrogens is 1180 g/mol. The zero-order valence-electron chi connectivity index (χ0n) is 58.0. The number of rotatable bonds is 11. The van der Waals surface area contributed by atoms with Crippen LogP contribution in [-0.2, 0) is 22.1 Å². The van der Waals surface area contributed by atoms with Crippen LogP contribution in [-0.4, -0.2) is 177 Å². The molecule has 518 valence electrons. The van der Waals surface area contributed by atoms with Crippen LogP contribution in [0.1, 0.15) is 200 Å². The Morgan fingerprint density at radius 2 is 1.54 bits per heavy atom. The van der Waals surface area contributed by atoms with Crippen molar-refractivity contribution in [2.24, 2.45) is 34.6 Å². The second-order valence-corrected chi connectivity index (χ2v) is 30.1. The van der Waals surface area contributed by atoms with Crippen molar-refractivity contribution in [3.8, 4) is 0 Å². The van der Waals surface area contributed by atoms with Crippen LogP contribution >= 0.6 is 11.6 Å². The summed E-state index contributed by atoms with van der Waals surface area (Å²) in [4.78, 5) is 32.0. The normalized spacial score (nSPS) is 30.7. The summed E-state index contributed by atoms with van der Waals surface area (Å²) in [7, 11) is 4.33. The summed E-state index contributed by atoms with van der Waals surface area (Å²) in [6, 6.07) is 5.99. The summed E-state index contributed by atoms with van der Waals surface area (Å²) in [6.07, 6.45) is 36.0. The highest BCUT2D eigenvalue weighted by Gasteiger charge is 2.56. The number of ether oxygens (including phenoxy) is 1. The lowest BCUT2D eigenvalue weighted by Gasteiger charge is -2.60. The van der Waals surface area contributed by atoms with Gasteiger partial charge < -0.3 is 56.2 Å². The Bertz CT molecular complexity index is 2570. The second-order valence-electron chi connectivity index (χ2n) is 29.7. The average molecular weight is 1300 g/mol. The molecule has 10 atom stereocenters. The Kier molecular flexibility index (Phi) is 28.0. The Morgan fingerprint density at radius 1 is 0.826 bits per heavy atom. The molecule has 0 radical (unpaired) electrons. The van der Waals surface area contributed by atoms with Gasteiger partial charge in [0, 0.05) is 168 Å². The van der Waals surface area contributed by atoms with Gasteiger partial charge in [-0.25, -0.2) is 0 Å². The molecule has 1 spiro atoms. The number of morpholine rings is 1. The number of halogens is 4. The number of hydrogen-bond donors (Lipinski definition) is 6. The molecule has 8 aliphatic rings. The van der Waals surface area contributed by atoms with Crippen LogP contribution in [0.3, 0.4) is 0 Å². The maximum Gasteiger partial charge on any atom is 0.417 e. The molecule has 0 bridgehead atoms. The molecule has 6 N–H and O–H groups in total. The lowest BCUT2D eigenvalue weighted by atomic mass is 9.74. The van der Waals surface area contributed by atoms with Crippen LogP contribution in [0.25, 0.3) is 0 Å². The van der Waals surface area contributed by atoms with E-state index in [-0.39, 0.29) is 40.6 Å². The van der Waals surface area contributed by atoms with E-state index in [4.69, 9.17) is 21.3 Å². The minimum atomic E-state index is -4.51. The van der Waals surface area contributed by atoms with E-state index in [1.54, 1.807) is 0 Å². The maximum atomic E-state index is 15.0. The third kappa shape index (κ3) is 20.2. The fourth-order valence-corrected chi connectivity index (χ4v) is 17.8. The number of nitrogens with one attached hydrogen (secondary N) is 6. The summed E-state index contributed by atoms with van der Waals surface area (Å²) in [6.45, 7) is 22.9. The molecule has 1 aromatic carbocycles. The fraction of sp³-hybridized carbons (Fsp3) is 0.784. The van der Waals surface area contributed by atoms with Crippen molar-refractivity contribution in [3.05, 3.63) is 82.3 Å². The molecule has 1 aromatic rings. The summed E-state index contributed by atoms with van der Waals surface area (Å²) < 4.78 is 46.9. The number of aliphatic imine (C=N–C) groups is 1. The number of carbonyl (C=O) groups excluding carboxylic acids is 1. The van der Waals surface area contributed by atoms with Gasteiger partial charge in [0.05, 0.1) is 36.3 Å². The van der Waals surface area contributed by atoms with Gasteiger partial charge in [0.2, 0.25) is 5.91 Å². The maximum absolute atomic E-state index is 15.0. The lowest BCUT2D eigenvalue weighted by Crippen LogP contribution is -2.76. The van der Waals surface area contributed by atoms with E-state index in [0.717, 1.165) is 101 Å². The summed E-state index contributed by atoms with van der Waals surface area (Å²) in [5.74, 6) is 2.67. The topological polar surface area (TPSA) is 127 Å². The Labute approximate surface area is 559 Å². The number of hydrogen-bond acceptors (Lipinski definition) is 13. The summed E-state index contributed by atoms with van der Waals surface area (Å²) in [5.41, 5.74) is 3.47. The van der Waals surface area contributed by atoms with Gasteiger partial charge in [-0.3, -0.25) is 14.7 Å². The van der Waals surface area contributed by atoms with Crippen LogP contribution in [0.15, 0.2) is 71.2 Å². The van der Waals surface area contributed by atoms with Crippen molar-refractivity contribution in [3.63, 3.8) is 0 Å². The van der Waals surface area contributed by atoms with Crippen molar-refractivity contribution in [1.82, 2.24) is 56.4 Å². The molecule has 4 saturated carbocycles. The number of aryl methyl sites for hydroxylation is 1. The number of benzene rings is 1. The predicted molar refractivity (Wildman–Crippen MR) is 372 cm³/mol. The van der Waals surface area contributed by atoms with Crippen molar-refractivity contribution in [2.75, 3.05) is 86.2 Å². The monoisotopic (exact) mass is 1300 g/mol. The molecule has 9 rings (SSSR count). The number of carbonyl (C=O) groups is 1. The van der Waals surface area contributed by atoms with Gasteiger partial charge in [-0.05, 0) is 139 Å². The number of allylic oxidation sites excluding steroid dienone is 4. The second kappa shape index (κ2) is 35.5. The quantitative estimate of drug-likeness (QED) is 0.126. The molecular formula is C74H122ClF3N12O2. The van der Waals surface area contributed by atoms with Gasteiger partial charge in [0.25, 0.3) is 0 Å². The molecule has 4 aliphatic heterocycles. The average Bonchev–Trinajstić information content (AvgIpc) is 0.854. The minimum Gasteiger partial charge on any atom is -0.378 e. The third-order valence-electron chi connectivity index (χ3n) is 23.1. The van der Waals surface area contributed by atoms with Crippen LogP contribution in [0, 0.1) is 29.6 Å². The molecule has 18 heteroatoms. The fourth-order valence-electron chi connectivity index (χ4n) is 17.5. The number of alkyl halides is 3. The highest BCUT2D eigenvalue weighted by Crippen LogP contribution is 2.44. The predicted octanol–water partition coefficient (Wildman–Crippen LogP) is 12.8. The molecule has 1 amide bonds. The molecule has 4 aliphatic carbocycles. The van der Waals surface area contributed by atoms with Crippen LogP contribution < -0.4 is 31.9 Å². The molecule has 7 fully saturated rings. The van der Waals surface area contributed by atoms with Gasteiger partial charge in [0.15, 0.2) is 0 Å². The van der Waals surface area contributed by atoms with Gasteiger partial charge in [-0.15, -0.1) is 0 Å². The Balaban J connectivity index is 1.00. The molecule has 14 nitrogen and oxygen atoms in total. The highest BCUT2D eigenvalue weighted by molar-refractivity contribution is 6.31. The minimum absolute atomic E-state index is 0.0394. The molecule has 3 saturated heterocycles. The van der Waals surface area contributed by atoms with Gasteiger partial charge in [-0.2, -0.15) is 13.2 Å². The van der Waals surface area contributed by atoms with E-state index in [1.807, 2.05) is 18.5 Å². The lowest BCUT2D eigenvalue weighted by molar-refractivity contribution is -0.165. The van der Waals surface area contributed by atoms with E-state index in [2.05, 4.69) is 131 Å². The van der Waals surface area contributed by atoms with Gasteiger partial charge in [0.1, 0.15) is 0 Å². The van der Waals surface area contributed by atoms with Crippen LogP contribution in [0.2, 0.25) is 5.02 Å². The van der Waals surface area contributed by atoms with Crippen LogP contribution in [0.5, 0.6) is 0 Å². The summed E-state index contributed by atoms with van der Waals surface area (Å²) >= 11 is 6.22. The largest absolute Gasteiger partial charge is 0.417 e. The summed E-state index contributed by atoms with van der Waals surface area (Å²) in [5, 5.41) is 24.2. The first-order valence-corrected chi connectivity index (χ1v) is 37.2. The van der Waals surface area contributed by atoms with E-state index in [1.165, 1.54) is 126 Å². The van der Waals surface area contributed by atoms with Crippen LogP contribution in [0.4, 0.5) is 13.2 Å². The zero-order valence-corrected chi connectivity index (χ0v) is 58.7. The van der Waals surface area contributed by atoms with Gasteiger partial charge >= 0.3 is 6.18 Å². The number of fused-ring (bicyclic) bond motifs is 2. The Morgan fingerprint density at radius 3 is 2.26 bits per heavy atom.